The molecule has 2 aromatic heterocycles. The van der Waals surface area contributed by atoms with Gasteiger partial charge in [0, 0.05) is 45.2 Å². The summed E-state index contributed by atoms with van der Waals surface area (Å²) < 4.78 is 30.1. The predicted molar refractivity (Wildman–Crippen MR) is 109 cm³/mol. The second-order valence-electron chi connectivity index (χ2n) is 7.53. The largest absolute Gasteiger partial charge is 0.340 e. The van der Waals surface area contributed by atoms with E-state index in [4.69, 9.17) is 4.52 Å². The Bertz CT molecular complexity index is 927. The summed E-state index contributed by atoms with van der Waals surface area (Å²) in [7, 11) is -3.17. The molecule has 2 aliphatic rings. The fourth-order valence-electron chi connectivity index (χ4n) is 3.84. The van der Waals surface area contributed by atoms with Crippen LogP contribution in [0.2, 0.25) is 0 Å². The van der Waals surface area contributed by atoms with Crippen molar-refractivity contribution in [1.82, 2.24) is 24.2 Å². The van der Waals surface area contributed by atoms with Gasteiger partial charge in [-0.1, -0.05) is 11.2 Å². The molecule has 0 atom stereocenters. The number of thiophene rings is 1. The molecule has 2 aromatic rings. The van der Waals surface area contributed by atoms with Gasteiger partial charge in [-0.3, -0.25) is 9.69 Å². The highest BCUT2D eigenvalue weighted by Crippen LogP contribution is 2.23. The number of carbonyl (C=O) groups excluding carboxylic acids is 1. The highest BCUT2D eigenvalue weighted by atomic mass is 32.2. The van der Waals surface area contributed by atoms with E-state index in [1.807, 2.05) is 22.4 Å². The number of piperazine rings is 1. The zero-order chi connectivity index (χ0) is 20.4. The van der Waals surface area contributed by atoms with Gasteiger partial charge in [-0.2, -0.15) is 4.98 Å². The molecular weight excluding hydrogens is 414 g/mol. The van der Waals surface area contributed by atoms with Gasteiger partial charge in [-0.25, -0.2) is 12.7 Å². The van der Waals surface area contributed by atoms with E-state index in [1.165, 1.54) is 10.6 Å². The molecule has 0 bridgehead atoms. The Morgan fingerprint density at radius 1 is 1.21 bits per heavy atom. The summed E-state index contributed by atoms with van der Waals surface area (Å²) in [5, 5.41) is 6.02. The Kier molecular flexibility index (Phi) is 6.00. The van der Waals surface area contributed by atoms with Crippen molar-refractivity contribution in [1.29, 1.82) is 0 Å². The van der Waals surface area contributed by atoms with Crippen LogP contribution in [0.5, 0.6) is 0 Å². The Hall–Kier alpha value is -1.82. The van der Waals surface area contributed by atoms with Crippen LogP contribution in [0.1, 0.15) is 18.7 Å². The number of hydrogen-bond acceptors (Lipinski definition) is 8. The van der Waals surface area contributed by atoms with Crippen molar-refractivity contribution in [3.05, 3.63) is 23.4 Å². The average Bonchev–Trinajstić information content (AvgIpc) is 3.39. The van der Waals surface area contributed by atoms with Gasteiger partial charge < -0.3 is 9.42 Å². The summed E-state index contributed by atoms with van der Waals surface area (Å²) in [6.45, 7) is 4.27. The number of nitrogens with zero attached hydrogens (tertiary/aromatic N) is 5. The quantitative estimate of drug-likeness (QED) is 0.688. The van der Waals surface area contributed by atoms with Crippen molar-refractivity contribution >= 4 is 27.3 Å². The minimum Gasteiger partial charge on any atom is -0.340 e. The van der Waals surface area contributed by atoms with Gasteiger partial charge >= 0.3 is 0 Å². The maximum absolute atomic E-state index is 12.8. The summed E-state index contributed by atoms with van der Waals surface area (Å²) in [6.07, 6.45) is 2.42. The van der Waals surface area contributed by atoms with Gasteiger partial charge in [-0.05, 0) is 24.3 Å². The highest BCUT2D eigenvalue weighted by Gasteiger charge is 2.32. The van der Waals surface area contributed by atoms with E-state index in [0.717, 1.165) is 18.0 Å². The third kappa shape index (κ3) is 4.85. The summed E-state index contributed by atoms with van der Waals surface area (Å²) >= 11 is 1.57. The van der Waals surface area contributed by atoms with Crippen molar-refractivity contribution in [2.45, 2.75) is 19.4 Å². The number of amides is 1. The fraction of sp³-hybridized carbons (Fsp3) is 0.611. The summed E-state index contributed by atoms with van der Waals surface area (Å²) in [4.78, 5) is 22.4. The smallest absolute Gasteiger partial charge is 0.241 e. The molecule has 2 aliphatic heterocycles. The van der Waals surface area contributed by atoms with Crippen LogP contribution in [0.4, 0.5) is 0 Å². The van der Waals surface area contributed by atoms with Crippen molar-refractivity contribution in [3.63, 3.8) is 0 Å². The van der Waals surface area contributed by atoms with Crippen molar-refractivity contribution in [2.24, 2.45) is 5.92 Å². The topological polar surface area (TPSA) is 99.9 Å². The Labute approximate surface area is 174 Å². The van der Waals surface area contributed by atoms with Gasteiger partial charge in [-0.15, -0.1) is 11.3 Å². The SMILES string of the molecule is CS(=O)(=O)N1CCC(C(=O)N2CCN(Cc3nc(-c4cccs4)no3)CC2)CC1. The molecule has 2 fully saturated rings. The Morgan fingerprint density at radius 2 is 1.93 bits per heavy atom. The summed E-state index contributed by atoms with van der Waals surface area (Å²) in [5.41, 5.74) is 0. The normalized spacial score (nSPS) is 20.2. The minimum absolute atomic E-state index is 0.0798. The van der Waals surface area contributed by atoms with E-state index >= 15 is 0 Å². The summed E-state index contributed by atoms with van der Waals surface area (Å²) in [6, 6.07) is 3.92. The maximum Gasteiger partial charge on any atom is 0.241 e. The van der Waals surface area contributed by atoms with E-state index in [9.17, 15) is 13.2 Å². The number of sulfonamides is 1. The van der Waals surface area contributed by atoms with Crippen molar-refractivity contribution < 1.29 is 17.7 Å². The predicted octanol–water partition coefficient (Wildman–Crippen LogP) is 1.11. The second-order valence-corrected chi connectivity index (χ2v) is 10.5. The highest BCUT2D eigenvalue weighted by molar-refractivity contribution is 7.88. The van der Waals surface area contributed by atoms with E-state index in [0.29, 0.717) is 57.3 Å². The van der Waals surface area contributed by atoms with Gasteiger partial charge in [0.05, 0.1) is 17.7 Å². The van der Waals surface area contributed by atoms with E-state index < -0.39 is 10.0 Å². The standard InChI is InChI=1S/C18H25N5O4S2/c1-29(25,26)23-6-4-14(5-7-23)18(24)22-10-8-21(9-11-22)13-16-19-17(20-27-16)15-3-2-12-28-15/h2-3,12,14H,4-11,13H2,1H3. The molecule has 29 heavy (non-hydrogen) atoms. The lowest BCUT2D eigenvalue weighted by atomic mass is 9.96. The van der Waals surface area contributed by atoms with E-state index in [2.05, 4.69) is 15.0 Å². The number of hydrogen-bond donors (Lipinski definition) is 0. The third-order valence-electron chi connectivity index (χ3n) is 5.52. The van der Waals surface area contributed by atoms with E-state index in [-0.39, 0.29) is 11.8 Å². The minimum atomic E-state index is -3.17. The Morgan fingerprint density at radius 3 is 2.55 bits per heavy atom. The average molecular weight is 440 g/mol. The fourth-order valence-corrected chi connectivity index (χ4v) is 5.36. The van der Waals surface area contributed by atoms with Crippen LogP contribution in [-0.2, 0) is 21.4 Å². The van der Waals surface area contributed by atoms with Gasteiger partial charge in [0.15, 0.2) is 0 Å². The van der Waals surface area contributed by atoms with Crippen molar-refractivity contribution in [3.8, 4) is 10.7 Å². The lowest BCUT2D eigenvalue weighted by Crippen LogP contribution is -2.51. The monoisotopic (exact) mass is 439 g/mol. The molecular formula is C18H25N5O4S2. The van der Waals surface area contributed by atoms with Crippen LogP contribution in [0, 0.1) is 5.92 Å². The zero-order valence-corrected chi connectivity index (χ0v) is 18.0. The first-order valence-electron chi connectivity index (χ1n) is 9.73. The molecule has 0 radical (unpaired) electrons. The third-order valence-corrected chi connectivity index (χ3v) is 7.69. The van der Waals surface area contributed by atoms with Crippen molar-refractivity contribution in [2.75, 3.05) is 45.5 Å². The molecule has 0 N–H and O–H groups in total. The van der Waals surface area contributed by atoms with E-state index in [1.54, 1.807) is 11.3 Å². The van der Waals surface area contributed by atoms with Crippen LogP contribution in [0.15, 0.2) is 22.0 Å². The molecule has 9 nitrogen and oxygen atoms in total. The Balaban J connectivity index is 1.25. The molecule has 4 rings (SSSR count). The lowest BCUT2D eigenvalue weighted by molar-refractivity contribution is -0.138. The van der Waals surface area contributed by atoms with Gasteiger partial charge in [0.25, 0.3) is 0 Å². The lowest BCUT2D eigenvalue weighted by Gasteiger charge is -2.37. The van der Waals surface area contributed by atoms with Gasteiger partial charge in [0.2, 0.25) is 27.6 Å². The molecule has 11 heteroatoms. The maximum atomic E-state index is 12.8. The first kappa shape index (κ1) is 20.5. The number of piperidine rings is 1. The van der Waals surface area contributed by atoms with Crippen LogP contribution >= 0.6 is 11.3 Å². The summed E-state index contributed by atoms with van der Waals surface area (Å²) in [5.74, 6) is 1.27. The van der Waals surface area contributed by atoms with Crippen LogP contribution < -0.4 is 0 Å². The van der Waals surface area contributed by atoms with Gasteiger partial charge in [0.1, 0.15) is 0 Å². The van der Waals surface area contributed by atoms with Crippen LogP contribution in [0.3, 0.4) is 0 Å². The molecule has 4 heterocycles. The van der Waals surface area contributed by atoms with Crippen LogP contribution in [-0.4, -0.2) is 84.1 Å². The molecule has 0 aliphatic carbocycles. The number of rotatable bonds is 5. The number of aromatic nitrogens is 2. The molecule has 1 amide bonds. The first-order valence-corrected chi connectivity index (χ1v) is 12.5. The van der Waals surface area contributed by atoms with Crippen LogP contribution in [0.25, 0.3) is 10.7 Å². The number of carbonyl (C=O) groups is 1. The molecule has 0 unspecified atom stereocenters. The molecule has 0 spiro atoms. The molecule has 158 valence electrons. The molecule has 2 saturated heterocycles. The molecule has 0 saturated carbocycles. The zero-order valence-electron chi connectivity index (χ0n) is 16.4. The first-order chi connectivity index (χ1) is 13.9. The molecule has 0 aromatic carbocycles. The second kappa shape index (κ2) is 8.50.